The molecule has 1 unspecified atom stereocenters. The summed E-state index contributed by atoms with van der Waals surface area (Å²) in [6.07, 6.45) is 2.91. The Labute approximate surface area is 62.4 Å². The van der Waals surface area contributed by atoms with Gasteiger partial charge in [-0.15, -0.1) is 0 Å². The van der Waals surface area contributed by atoms with Gasteiger partial charge in [0, 0.05) is 25.2 Å². The standard InChI is InChI=1S/C8H16N2/c1-6(7-2-3-7)10-8-4-9-5-8/h6-10H,2-5H2,1H3. The zero-order valence-corrected chi connectivity index (χ0v) is 6.56. The van der Waals surface area contributed by atoms with Gasteiger partial charge in [0.15, 0.2) is 0 Å². The van der Waals surface area contributed by atoms with E-state index in [1.54, 1.807) is 0 Å². The van der Waals surface area contributed by atoms with Crippen molar-refractivity contribution in [3.63, 3.8) is 0 Å². The lowest BCUT2D eigenvalue weighted by Crippen LogP contribution is -2.57. The van der Waals surface area contributed by atoms with E-state index in [9.17, 15) is 0 Å². The molecule has 0 spiro atoms. The lowest BCUT2D eigenvalue weighted by atomic mass is 10.1. The normalized spacial score (nSPS) is 29.7. The zero-order chi connectivity index (χ0) is 6.97. The third-order valence-corrected chi connectivity index (χ3v) is 2.61. The smallest absolute Gasteiger partial charge is 0.0319 e. The first-order valence-electron chi connectivity index (χ1n) is 4.33. The fourth-order valence-corrected chi connectivity index (χ4v) is 1.51. The van der Waals surface area contributed by atoms with E-state index in [4.69, 9.17) is 0 Å². The largest absolute Gasteiger partial charge is 0.314 e. The summed E-state index contributed by atoms with van der Waals surface area (Å²) in [6, 6.07) is 1.54. The molecule has 1 aliphatic carbocycles. The molecule has 2 aliphatic rings. The minimum absolute atomic E-state index is 0.770. The summed E-state index contributed by atoms with van der Waals surface area (Å²) >= 11 is 0. The van der Waals surface area contributed by atoms with Crippen molar-refractivity contribution < 1.29 is 0 Å². The van der Waals surface area contributed by atoms with E-state index >= 15 is 0 Å². The summed E-state index contributed by atoms with van der Waals surface area (Å²) in [4.78, 5) is 0. The van der Waals surface area contributed by atoms with E-state index in [1.807, 2.05) is 0 Å². The van der Waals surface area contributed by atoms with Gasteiger partial charge in [-0.3, -0.25) is 0 Å². The molecule has 1 heterocycles. The Morgan fingerprint density at radius 2 is 2.10 bits per heavy atom. The first-order chi connectivity index (χ1) is 4.86. The van der Waals surface area contributed by atoms with Gasteiger partial charge in [-0.1, -0.05) is 0 Å². The highest BCUT2D eigenvalue weighted by atomic mass is 15.1. The van der Waals surface area contributed by atoms with Crippen LogP contribution in [0.25, 0.3) is 0 Å². The van der Waals surface area contributed by atoms with Crippen molar-refractivity contribution in [1.29, 1.82) is 0 Å². The molecule has 10 heavy (non-hydrogen) atoms. The van der Waals surface area contributed by atoms with Gasteiger partial charge in [-0.05, 0) is 25.7 Å². The molecule has 0 radical (unpaired) electrons. The fourth-order valence-electron chi connectivity index (χ4n) is 1.51. The molecule has 2 N–H and O–H groups in total. The topological polar surface area (TPSA) is 24.1 Å². The van der Waals surface area contributed by atoms with Gasteiger partial charge >= 0.3 is 0 Å². The highest BCUT2D eigenvalue weighted by molar-refractivity contribution is 4.89. The second-order valence-corrected chi connectivity index (χ2v) is 3.65. The molecule has 0 aromatic carbocycles. The predicted molar refractivity (Wildman–Crippen MR) is 42.0 cm³/mol. The van der Waals surface area contributed by atoms with Crippen molar-refractivity contribution >= 4 is 0 Å². The van der Waals surface area contributed by atoms with Crippen molar-refractivity contribution in [2.45, 2.75) is 31.8 Å². The van der Waals surface area contributed by atoms with Crippen LogP contribution in [0.1, 0.15) is 19.8 Å². The third-order valence-electron chi connectivity index (χ3n) is 2.61. The van der Waals surface area contributed by atoms with Gasteiger partial charge < -0.3 is 10.6 Å². The molecule has 0 amide bonds. The van der Waals surface area contributed by atoms with E-state index in [1.165, 1.54) is 25.9 Å². The highest BCUT2D eigenvalue weighted by Crippen LogP contribution is 2.32. The summed E-state index contributed by atoms with van der Waals surface area (Å²) in [5.74, 6) is 1.00. The lowest BCUT2D eigenvalue weighted by Gasteiger charge is -2.31. The Kier molecular flexibility index (Phi) is 1.66. The lowest BCUT2D eigenvalue weighted by molar-refractivity contribution is 0.321. The molecule has 2 heteroatoms. The van der Waals surface area contributed by atoms with Crippen molar-refractivity contribution in [3.8, 4) is 0 Å². The van der Waals surface area contributed by atoms with Crippen LogP contribution in [0, 0.1) is 5.92 Å². The molecular formula is C8H16N2. The Bertz CT molecular complexity index is 116. The molecular weight excluding hydrogens is 124 g/mol. The SMILES string of the molecule is CC(NC1CNC1)C1CC1. The van der Waals surface area contributed by atoms with Crippen LogP contribution in [0.15, 0.2) is 0 Å². The summed E-state index contributed by atoms with van der Waals surface area (Å²) in [5, 5.41) is 6.88. The zero-order valence-electron chi connectivity index (χ0n) is 6.56. The fraction of sp³-hybridized carbons (Fsp3) is 1.00. The van der Waals surface area contributed by atoms with Crippen LogP contribution in [0.3, 0.4) is 0 Å². The van der Waals surface area contributed by atoms with E-state index in [0.717, 1.165) is 18.0 Å². The maximum Gasteiger partial charge on any atom is 0.0319 e. The molecule has 0 aromatic heterocycles. The highest BCUT2D eigenvalue weighted by Gasteiger charge is 2.30. The van der Waals surface area contributed by atoms with Gasteiger partial charge in [0.1, 0.15) is 0 Å². The van der Waals surface area contributed by atoms with Gasteiger partial charge in [0.25, 0.3) is 0 Å². The predicted octanol–water partition coefficient (Wildman–Crippen LogP) is 0.346. The Balaban J connectivity index is 1.67. The van der Waals surface area contributed by atoms with E-state index < -0.39 is 0 Å². The monoisotopic (exact) mass is 140 g/mol. The minimum atomic E-state index is 0.770. The van der Waals surface area contributed by atoms with Gasteiger partial charge in [0.2, 0.25) is 0 Å². The average Bonchev–Trinajstić information content (AvgIpc) is 2.58. The van der Waals surface area contributed by atoms with Crippen LogP contribution in [0.5, 0.6) is 0 Å². The second-order valence-electron chi connectivity index (χ2n) is 3.65. The van der Waals surface area contributed by atoms with Gasteiger partial charge in [-0.25, -0.2) is 0 Å². The molecule has 1 aliphatic heterocycles. The molecule has 2 nitrogen and oxygen atoms in total. The quantitative estimate of drug-likeness (QED) is 0.591. The van der Waals surface area contributed by atoms with E-state index in [2.05, 4.69) is 17.6 Å². The molecule has 2 fully saturated rings. The molecule has 0 aromatic rings. The van der Waals surface area contributed by atoms with Gasteiger partial charge in [0.05, 0.1) is 0 Å². The first kappa shape index (κ1) is 6.62. The number of hydrogen-bond donors (Lipinski definition) is 2. The molecule has 1 saturated heterocycles. The van der Waals surface area contributed by atoms with Crippen molar-refractivity contribution in [2.75, 3.05) is 13.1 Å². The molecule has 1 saturated carbocycles. The van der Waals surface area contributed by atoms with E-state index in [-0.39, 0.29) is 0 Å². The number of rotatable bonds is 3. The summed E-state index contributed by atoms with van der Waals surface area (Å²) < 4.78 is 0. The maximum absolute atomic E-state index is 3.62. The second kappa shape index (κ2) is 2.51. The number of nitrogens with one attached hydrogen (secondary N) is 2. The molecule has 2 rings (SSSR count). The van der Waals surface area contributed by atoms with Crippen LogP contribution >= 0.6 is 0 Å². The van der Waals surface area contributed by atoms with Crippen LogP contribution < -0.4 is 10.6 Å². The number of hydrogen-bond acceptors (Lipinski definition) is 2. The Hall–Kier alpha value is -0.0800. The van der Waals surface area contributed by atoms with Crippen LogP contribution in [-0.4, -0.2) is 25.2 Å². The van der Waals surface area contributed by atoms with Crippen LogP contribution in [0.2, 0.25) is 0 Å². The molecule has 0 bridgehead atoms. The molecule has 1 atom stereocenters. The summed E-state index contributed by atoms with van der Waals surface area (Å²) in [6.45, 7) is 4.67. The maximum atomic E-state index is 3.62. The minimum Gasteiger partial charge on any atom is -0.314 e. The van der Waals surface area contributed by atoms with Crippen molar-refractivity contribution in [3.05, 3.63) is 0 Å². The van der Waals surface area contributed by atoms with Crippen molar-refractivity contribution in [2.24, 2.45) is 5.92 Å². The molecule has 58 valence electrons. The summed E-state index contributed by atoms with van der Waals surface area (Å²) in [5.41, 5.74) is 0. The average molecular weight is 140 g/mol. The van der Waals surface area contributed by atoms with Crippen LogP contribution in [0.4, 0.5) is 0 Å². The third kappa shape index (κ3) is 1.32. The Morgan fingerprint density at radius 3 is 2.50 bits per heavy atom. The van der Waals surface area contributed by atoms with Crippen molar-refractivity contribution in [1.82, 2.24) is 10.6 Å². The Morgan fingerprint density at radius 1 is 1.40 bits per heavy atom. The van der Waals surface area contributed by atoms with Crippen LogP contribution in [-0.2, 0) is 0 Å². The van der Waals surface area contributed by atoms with Gasteiger partial charge in [-0.2, -0.15) is 0 Å². The van der Waals surface area contributed by atoms with E-state index in [0.29, 0.717) is 0 Å². The summed E-state index contributed by atoms with van der Waals surface area (Å²) in [7, 11) is 0. The first-order valence-corrected chi connectivity index (χ1v) is 4.33.